The van der Waals surface area contributed by atoms with Crippen molar-refractivity contribution >= 4 is 16.9 Å². The number of rotatable bonds is 1. The predicted molar refractivity (Wildman–Crippen MR) is 79.7 cm³/mol. The van der Waals surface area contributed by atoms with E-state index in [4.69, 9.17) is 15.5 Å². The van der Waals surface area contributed by atoms with Crippen molar-refractivity contribution in [2.24, 2.45) is 5.92 Å². The van der Waals surface area contributed by atoms with Crippen LogP contribution in [0.1, 0.15) is 50.0 Å². The molecule has 1 unspecified atom stereocenters. The zero-order valence-electron chi connectivity index (χ0n) is 12.8. The summed E-state index contributed by atoms with van der Waals surface area (Å²) < 4.78 is 8.20. The summed E-state index contributed by atoms with van der Waals surface area (Å²) in [6.07, 6.45) is -0.00324. The van der Waals surface area contributed by atoms with Gasteiger partial charge in [-0.2, -0.15) is 0 Å². The molecule has 0 aliphatic carbocycles. The first kappa shape index (κ1) is 13.4. The van der Waals surface area contributed by atoms with Crippen molar-refractivity contribution in [3.8, 4) is 0 Å². The number of nitrogen functional groups attached to an aromatic ring is 1. The van der Waals surface area contributed by atoms with Crippen LogP contribution in [-0.2, 0) is 4.74 Å². The fourth-order valence-corrected chi connectivity index (χ4v) is 2.98. The summed E-state index contributed by atoms with van der Waals surface area (Å²) in [5.41, 5.74) is 10.1. The van der Waals surface area contributed by atoms with Crippen molar-refractivity contribution < 1.29 is 4.74 Å². The molecule has 0 bridgehead atoms. The van der Waals surface area contributed by atoms with Crippen LogP contribution in [0.2, 0.25) is 0 Å². The molecule has 0 fully saturated rings. The van der Waals surface area contributed by atoms with Gasteiger partial charge in [0.1, 0.15) is 17.4 Å². The number of aryl methyl sites for hydroxylation is 2. The van der Waals surface area contributed by atoms with Gasteiger partial charge in [0.05, 0.1) is 18.2 Å². The normalized spacial score (nSPS) is 22.5. The van der Waals surface area contributed by atoms with Crippen molar-refractivity contribution in [1.29, 1.82) is 0 Å². The summed E-state index contributed by atoms with van der Waals surface area (Å²) in [6.45, 7) is 11.3. The summed E-state index contributed by atoms with van der Waals surface area (Å²) in [6, 6.07) is 0.297. The molecule has 5 nitrogen and oxygen atoms in total. The first-order chi connectivity index (χ1) is 9.41. The van der Waals surface area contributed by atoms with Gasteiger partial charge in [-0.3, -0.25) is 0 Å². The lowest BCUT2D eigenvalue weighted by Crippen LogP contribution is -2.29. The van der Waals surface area contributed by atoms with E-state index in [2.05, 4.69) is 30.3 Å². The maximum Gasteiger partial charge on any atom is 0.151 e. The van der Waals surface area contributed by atoms with E-state index in [0.717, 1.165) is 34.7 Å². The summed E-state index contributed by atoms with van der Waals surface area (Å²) >= 11 is 0. The summed E-state index contributed by atoms with van der Waals surface area (Å²) in [7, 11) is 0. The van der Waals surface area contributed by atoms with Crippen LogP contribution in [0.4, 0.5) is 5.82 Å². The second-order valence-electron chi connectivity index (χ2n) is 6.03. The highest BCUT2D eigenvalue weighted by Crippen LogP contribution is 2.37. The summed E-state index contributed by atoms with van der Waals surface area (Å²) in [5, 5.41) is 0. The molecule has 1 aliphatic heterocycles. The second-order valence-corrected chi connectivity index (χ2v) is 6.03. The Morgan fingerprint density at radius 2 is 2.00 bits per heavy atom. The third-order valence-electron chi connectivity index (χ3n) is 4.35. The Hall–Kier alpha value is -1.62. The Labute approximate surface area is 119 Å². The van der Waals surface area contributed by atoms with Gasteiger partial charge in [-0.1, -0.05) is 13.8 Å². The van der Waals surface area contributed by atoms with Crippen LogP contribution in [0.25, 0.3) is 11.0 Å². The zero-order chi connectivity index (χ0) is 14.6. The van der Waals surface area contributed by atoms with Gasteiger partial charge < -0.3 is 15.0 Å². The molecule has 5 heteroatoms. The Morgan fingerprint density at radius 1 is 1.30 bits per heavy atom. The predicted octanol–water partition coefficient (Wildman–Crippen LogP) is 2.92. The van der Waals surface area contributed by atoms with Gasteiger partial charge in [0.15, 0.2) is 5.82 Å². The van der Waals surface area contributed by atoms with Gasteiger partial charge in [-0.25, -0.2) is 9.97 Å². The maximum absolute atomic E-state index is 6.08. The molecule has 0 saturated carbocycles. The number of hydrogen-bond acceptors (Lipinski definition) is 4. The number of aromatic nitrogens is 3. The van der Waals surface area contributed by atoms with Crippen molar-refractivity contribution in [3.05, 3.63) is 17.1 Å². The Bertz CT molecular complexity index is 674. The Balaban J connectivity index is 2.40. The third kappa shape index (κ3) is 1.73. The van der Waals surface area contributed by atoms with Gasteiger partial charge in [0, 0.05) is 5.69 Å². The molecule has 2 atom stereocenters. The van der Waals surface area contributed by atoms with Crippen LogP contribution >= 0.6 is 0 Å². The molecule has 0 radical (unpaired) electrons. The molecule has 0 aromatic carbocycles. The van der Waals surface area contributed by atoms with Crippen molar-refractivity contribution in [2.45, 2.75) is 46.8 Å². The van der Waals surface area contributed by atoms with E-state index in [0.29, 0.717) is 17.8 Å². The van der Waals surface area contributed by atoms with Crippen molar-refractivity contribution in [2.75, 3.05) is 12.3 Å². The van der Waals surface area contributed by atoms with E-state index in [-0.39, 0.29) is 6.10 Å². The van der Waals surface area contributed by atoms with E-state index in [9.17, 15) is 0 Å². The van der Waals surface area contributed by atoms with Crippen molar-refractivity contribution in [1.82, 2.24) is 14.5 Å². The van der Waals surface area contributed by atoms with E-state index in [1.165, 1.54) is 0 Å². The van der Waals surface area contributed by atoms with Gasteiger partial charge in [0.25, 0.3) is 0 Å². The summed E-state index contributed by atoms with van der Waals surface area (Å²) in [5.74, 6) is 1.96. The maximum atomic E-state index is 6.08. The van der Waals surface area contributed by atoms with Gasteiger partial charge >= 0.3 is 0 Å². The summed E-state index contributed by atoms with van der Waals surface area (Å²) in [4.78, 5) is 9.12. The largest absolute Gasteiger partial charge is 0.382 e. The first-order valence-electron chi connectivity index (χ1n) is 7.18. The molecule has 3 rings (SSSR count). The lowest BCUT2D eigenvalue weighted by Gasteiger charge is -2.32. The minimum Gasteiger partial charge on any atom is -0.382 e. The van der Waals surface area contributed by atoms with Gasteiger partial charge in [0.2, 0.25) is 0 Å². The van der Waals surface area contributed by atoms with Crippen molar-refractivity contribution in [3.63, 3.8) is 0 Å². The molecule has 2 aromatic rings. The third-order valence-corrected chi connectivity index (χ3v) is 4.35. The van der Waals surface area contributed by atoms with E-state index in [1.54, 1.807) is 0 Å². The number of nitrogens with two attached hydrogens (primary N) is 1. The van der Waals surface area contributed by atoms with Crippen LogP contribution in [0.15, 0.2) is 0 Å². The quantitative estimate of drug-likeness (QED) is 0.868. The van der Waals surface area contributed by atoms with Crippen LogP contribution < -0.4 is 5.73 Å². The lowest BCUT2D eigenvalue weighted by molar-refractivity contribution is -0.00228. The molecule has 108 valence electrons. The SMILES string of the molecule is Cc1nc(N)c2nc3n(c2c1C)[C@@H](C(C)C)COC3C. The lowest BCUT2D eigenvalue weighted by atomic mass is 10.0. The first-order valence-corrected chi connectivity index (χ1v) is 7.18. The highest BCUT2D eigenvalue weighted by atomic mass is 16.5. The average Bonchev–Trinajstić information content (AvgIpc) is 2.78. The highest BCUT2D eigenvalue weighted by molar-refractivity contribution is 5.88. The fourth-order valence-electron chi connectivity index (χ4n) is 2.98. The molecular formula is C15H22N4O. The molecule has 2 N–H and O–H groups in total. The molecule has 2 aromatic heterocycles. The molecule has 1 aliphatic rings. The van der Waals surface area contributed by atoms with Crippen LogP contribution in [-0.4, -0.2) is 21.1 Å². The van der Waals surface area contributed by atoms with Crippen LogP contribution in [0.5, 0.6) is 0 Å². The number of hydrogen-bond donors (Lipinski definition) is 1. The average molecular weight is 274 g/mol. The molecule has 0 spiro atoms. The molecule has 0 saturated heterocycles. The topological polar surface area (TPSA) is 66.0 Å². The van der Waals surface area contributed by atoms with Crippen LogP contribution in [0, 0.1) is 19.8 Å². The standard InChI is InChI=1S/C15H22N4O/c1-7(2)11-6-20-10(5)15-18-12-13(19(11)15)8(3)9(4)17-14(12)16/h7,10-11H,6H2,1-5H3,(H2,16,17)/t10?,11-/m1/s1. The number of pyridine rings is 1. The number of fused-ring (bicyclic) bond motifs is 3. The highest BCUT2D eigenvalue weighted by Gasteiger charge is 2.32. The van der Waals surface area contributed by atoms with E-state index >= 15 is 0 Å². The molecule has 20 heavy (non-hydrogen) atoms. The second kappa shape index (κ2) is 4.45. The fraction of sp³-hybridized carbons (Fsp3) is 0.600. The number of nitrogens with zero attached hydrogens (tertiary/aromatic N) is 3. The molecule has 3 heterocycles. The van der Waals surface area contributed by atoms with Gasteiger partial charge in [-0.05, 0) is 32.3 Å². The monoisotopic (exact) mass is 274 g/mol. The molecular weight excluding hydrogens is 252 g/mol. The number of imidazole rings is 1. The number of ether oxygens (including phenoxy) is 1. The van der Waals surface area contributed by atoms with E-state index < -0.39 is 0 Å². The minimum absolute atomic E-state index is 0.00324. The van der Waals surface area contributed by atoms with Crippen LogP contribution in [0.3, 0.4) is 0 Å². The Morgan fingerprint density at radius 3 is 2.65 bits per heavy atom. The van der Waals surface area contributed by atoms with E-state index in [1.807, 2.05) is 13.8 Å². The molecule has 0 amide bonds. The minimum atomic E-state index is -0.00324. The number of anilines is 1. The Kier molecular flexibility index (Phi) is 2.97. The van der Waals surface area contributed by atoms with Gasteiger partial charge in [-0.15, -0.1) is 0 Å². The smallest absolute Gasteiger partial charge is 0.151 e. The zero-order valence-corrected chi connectivity index (χ0v) is 12.8.